The molecule has 0 bridgehead atoms. The number of fused-ring (bicyclic) bond motifs is 3. The summed E-state index contributed by atoms with van der Waals surface area (Å²) in [5.41, 5.74) is 7.51. The van der Waals surface area contributed by atoms with Crippen LogP contribution in [-0.4, -0.2) is 11.8 Å². The Bertz CT molecular complexity index is 928. The molecule has 1 aliphatic carbocycles. The first-order valence-electron chi connectivity index (χ1n) is 7.65. The highest BCUT2D eigenvalue weighted by Crippen LogP contribution is 2.35. The number of nitrogens with two attached hydrogens (primary N) is 1. The molecule has 116 valence electrons. The Hall–Kier alpha value is -2.82. The molecule has 2 atom stereocenters. The summed E-state index contributed by atoms with van der Waals surface area (Å²) in [5.74, 6) is -1.22. The first-order chi connectivity index (χ1) is 11.1. The molecular weight excluding hydrogens is 292 g/mol. The largest absolute Gasteiger partial charge is 0.456 e. The van der Waals surface area contributed by atoms with Gasteiger partial charge in [-0.15, -0.1) is 0 Å². The SMILES string of the molecule is NC(=O)C1CCC1C(=O)Nc1ccc2c(c1)oc1ccccc12. The highest BCUT2D eigenvalue weighted by atomic mass is 16.3. The van der Waals surface area contributed by atoms with Crippen LogP contribution in [0.25, 0.3) is 21.9 Å². The number of rotatable bonds is 3. The van der Waals surface area contributed by atoms with Crippen LogP contribution in [0.4, 0.5) is 5.69 Å². The number of primary amides is 1. The third-order valence-corrected chi connectivity index (χ3v) is 4.62. The van der Waals surface area contributed by atoms with E-state index in [-0.39, 0.29) is 17.7 Å². The Morgan fingerprint density at radius 3 is 2.48 bits per heavy atom. The van der Waals surface area contributed by atoms with Crippen molar-refractivity contribution in [1.29, 1.82) is 0 Å². The number of nitrogens with one attached hydrogen (secondary N) is 1. The molecule has 0 aliphatic heterocycles. The molecule has 5 nitrogen and oxygen atoms in total. The second kappa shape index (κ2) is 5.12. The van der Waals surface area contributed by atoms with Gasteiger partial charge < -0.3 is 15.5 Å². The van der Waals surface area contributed by atoms with Crippen molar-refractivity contribution < 1.29 is 14.0 Å². The fraction of sp³-hybridized carbons (Fsp3) is 0.222. The number of para-hydroxylation sites is 1. The minimum absolute atomic E-state index is 0.157. The van der Waals surface area contributed by atoms with Gasteiger partial charge in [-0.3, -0.25) is 9.59 Å². The summed E-state index contributed by atoms with van der Waals surface area (Å²) in [4.78, 5) is 23.5. The number of amides is 2. The molecule has 5 heteroatoms. The van der Waals surface area contributed by atoms with Crippen LogP contribution in [-0.2, 0) is 9.59 Å². The van der Waals surface area contributed by atoms with Crippen LogP contribution in [0.5, 0.6) is 0 Å². The van der Waals surface area contributed by atoms with Crippen LogP contribution in [0, 0.1) is 11.8 Å². The molecule has 2 amide bonds. The average molecular weight is 308 g/mol. The Labute approximate surface area is 132 Å². The predicted molar refractivity (Wildman–Crippen MR) is 87.8 cm³/mol. The topological polar surface area (TPSA) is 85.3 Å². The van der Waals surface area contributed by atoms with Gasteiger partial charge in [0.25, 0.3) is 0 Å². The van der Waals surface area contributed by atoms with Crippen molar-refractivity contribution in [1.82, 2.24) is 0 Å². The maximum atomic E-state index is 12.3. The minimum atomic E-state index is -0.399. The van der Waals surface area contributed by atoms with Gasteiger partial charge in [0.2, 0.25) is 11.8 Å². The molecule has 1 heterocycles. The molecule has 3 N–H and O–H groups in total. The Morgan fingerprint density at radius 1 is 1.00 bits per heavy atom. The summed E-state index contributed by atoms with van der Waals surface area (Å²) in [6.07, 6.45) is 1.39. The van der Waals surface area contributed by atoms with E-state index in [0.29, 0.717) is 18.5 Å². The van der Waals surface area contributed by atoms with Crippen LogP contribution in [0.1, 0.15) is 12.8 Å². The number of carbonyl (C=O) groups excluding carboxylic acids is 2. The molecule has 2 aromatic carbocycles. The van der Waals surface area contributed by atoms with Crippen molar-refractivity contribution in [3.8, 4) is 0 Å². The van der Waals surface area contributed by atoms with E-state index >= 15 is 0 Å². The lowest BCUT2D eigenvalue weighted by molar-refractivity contribution is -0.135. The summed E-state index contributed by atoms with van der Waals surface area (Å²) in [7, 11) is 0. The standard InChI is InChI=1S/C18H16N2O3/c19-17(21)13-7-8-14(13)18(22)20-10-5-6-12-11-3-1-2-4-15(11)23-16(12)9-10/h1-6,9,13-14H,7-8H2,(H2,19,21)(H,20,22). The van der Waals surface area contributed by atoms with Crippen molar-refractivity contribution in [3.05, 3.63) is 42.5 Å². The first-order valence-corrected chi connectivity index (χ1v) is 7.65. The van der Waals surface area contributed by atoms with Crippen LogP contribution >= 0.6 is 0 Å². The van der Waals surface area contributed by atoms with E-state index in [2.05, 4.69) is 5.32 Å². The van der Waals surface area contributed by atoms with Crippen molar-refractivity contribution in [2.24, 2.45) is 17.6 Å². The van der Waals surface area contributed by atoms with Gasteiger partial charge in [0.05, 0.1) is 0 Å². The zero-order valence-electron chi connectivity index (χ0n) is 12.4. The summed E-state index contributed by atoms with van der Waals surface area (Å²) >= 11 is 0. The fourth-order valence-electron chi connectivity index (χ4n) is 3.19. The highest BCUT2D eigenvalue weighted by molar-refractivity contribution is 6.06. The summed E-state index contributed by atoms with van der Waals surface area (Å²) < 4.78 is 5.81. The van der Waals surface area contributed by atoms with Crippen LogP contribution in [0.2, 0.25) is 0 Å². The van der Waals surface area contributed by atoms with Crippen molar-refractivity contribution in [2.45, 2.75) is 12.8 Å². The normalized spacial score (nSPS) is 20.3. The molecule has 1 saturated carbocycles. The Morgan fingerprint density at radius 2 is 1.74 bits per heavy atom. The van der Waals surface area contributed by atoms with Crippen molar-refractivity contribution in [2.75, 3.05) is 5.32 Å². The van der Waals surface area contributed by atoms with Gasteiger partial charge in [0, 0.05) is 34.4 Å². The van der Waals surface area contributed by atoms with Gasteiger partial charge in [-0.1, -0.05) is 18.2 Å². The molecule has 4 rings (SSSR count). The first kappa shape index (κ1) is 13.8. The molecule has 2 unspecified atom stereocenters. The molecule has 1 aliphatic rings. The molecule has 23 heavy (non-hydrogen) atoms. The van der Waals surface area contributed by atoms with Gasteiger partial charge in [-0.2, -0.15) is 0 Å². The lowest BCUT2D eigenvalue weighted by Crippen LogP contribution is -2.43. The maximum absolute atomic E-state index is 12.3. The molecule has 0 spiro atoms. The smallest absolute Gasteiger partial charge is 0.228 e. The predicted octanol–water partition coefficient (Wildman–Crippen LogP) is 3.04. The molecule has 3 aromatic rings. The molecule has 0 radical (unpaired) electrons. The number of benzene rings is 2. The zero-order chi connectivity index (χ0) is 16.0. The van der Waals surface area contributed by atoms with Crippen LogP contribution < -0.4 is 11.1 Å². The van der Waals surface area contributed by atoms with E-state index in [1.807, 2.05) is 42.5 Å². The number of carbonyl (C=O) groups is 2. The van der Waals surface area contributed by atoms with E-state index in [0.717, 1.165) is 21.9 Å². The van der Waals surface area contributed by atoms with E-state index in [9.17, 15) is 9.59 Å². The molecular formula is C18H16N2O3. The van der Waals surface area contributed by atoms with Crippen molar-refractivity contribution in [3.63, 3.8) is 0 Å². The van der Waals surface area contributed by atoms with Gasteiger partial charge in [0.1, 0.15) is 11.2 Å². The second-order valence-electron chi connectivity index (χ2n) is 5.99. The van der Waals surface area contributed by atoms with Crippen molar-refractivity contribution >= 4 is 39.4 Å². The fourth-order valence-corrected chi connectivity index (χ4v) is 3.19. The van der Waals surface area contributed by atoms with Gasteiger partial charge >= 0.3 is 0 Å². The minimum Gasteiger partial charge on any atom is -0.456 e. The summed E-state index contributed by atoms with van der Waals surface area (Å²) in [6, 6.07) is 13.4. The lowest BCUT2D eigenvalue weighted by Gasteiger charge is -2.32. The van der Waals surface area contributed by atoms with Gasteiger partial charge in [-0.05, 0) is 31.0 Å². The summed E-state index contributed by atoms with van der Waals surface area (Å²) in [6.45, 7) is 0. The van der Waals surface area contributed by atoms with Gasteiger partial charge in [0.15, 0.2) is 0 Å². The van der Waals surface area contributed by atoms with Crippen LogP contribution in [0.15, 0.2) is 46.9 Å². The maximum Gasteiger partial charge on any atom is 0.228 e. The molecule has 1 fully saturated rings. The Balaban J connectivity index is 1.61. The molecule has 1 aromatic heterocycles. The van der Waals surface area contributed by atoms with E-state index in [1.165, 1.54) is 0 Å². The monoisotopic (exact) mass is 308 g/mol. The Kier molecular flexibility index (Phi) is 3.08. The number of hydrogen-bond donors (Lipinski definition) is 2. The van der Waals surface area contributed by atoms with E-state index in [4.69, 9.17) is 10.2 Å². The average Bonchev–Trinajstić information content (AvgIpc) is 2.82. The number of hydrogen-bond acceptors (Lipinski definition) is 3. The lowest BCUT2D eigenvalue weighted by atomic mass is 9.72. The summed E-state index contributed by atoms with van der Waals surface area (Å²) in [5, 5.41) is 4.92. The highest BCUT2D eigenvalue weighted by Gasteiger charge is 2.40. The number of anilines is 1. The van der Waals surface area contributed by atoms with Gasteiger partial charge in [-0.25, -0.2) is 0 Å². The third-order valence-electron chi connectivity index (χ3n) is 4.62. The quantitative estimate of drug-likeness (QED) is 0.780. The van der Waals surface area contributed by atoms with Crippen LogP contribution in [0.3, 0.4) is 0 Å². The third kappa shape index (κ3) is 2.25. The second-order valence-corrected chi connectivity index (χ2v) is 5.99. The van der Waals surface area contributed by atoms with E-state index < -0.39 is 5.91 Å². The zero-order valence-corrected chi connectivity index (χ0v) is 12.4. The van der Waals surface area contributed by atoms with E-state index in [1.54, 1.807) is 0 Å². The molecule has 0 saturated heterocycles. The number of furan rings is 1.